The van der Waals surface area contributed by atoms with Crippen LogP contribution in [0.1, 0.15) is 84.1 Å². The fourth-order valence-electron chi connectivity index (χ4n) is 5.86. The lowest BCUT2D eigenvalue weighted by molar-refractivity contribution is -0.142. The summed E-state index contributed by atoms with van der Waals surface area (Å²) in [5, 5.41) is 14.9. The van der Waals surface area contributed by atoms with Crippen LogP contribution < -0.4 is 20.4 Å². The van der Waals surface area contributed by atoms with Crippen molar-refractivity contribution in [1.82, 2.24) is 15.3 Å². The third kappa shape index (κ3) is 7.88. The van der Waals surface area contributed by atoms with E-state index < -0.39 is 17.8 Å². The molecule has 0 unspecified atom stereocenters. The Morgan fingerprint density at radius 2 is 1.98 bits per heavy atom. The van der Waals surface area contributed by atoms with Gasteiger partial charge in [-0.05, 0) is 62.1 Å². The second-order valence-electron chi connectivity index (χ2n) is 11.8. The van der Waals surface area contributed by atoms with E-state index in [1.165, 1.54) is 6.07 Å². The Hall–Kier alpha value is -4.02. The van der Waals surface area contributed by atoms with Crippen LogP contribution in [0.5, 0.6) is 0 Å². The number of aliphatic carboxylic acids is 1. The monoisotopic (exact) mass is 594 g/mol. The van der Waals surface area contributed by atoms with E-state index in [0.717, 1.165) is 25.7 Å². The molecule has 0 spiro atoms. The number of carboxylic acids is 1. The molecule has 1 fully saturated rings. The summed E-state index contributed by atoms with van der Waals surface area (Å²) >= 11 is 0. The minimum Gasteiger partial charge on any atom is -0.480 e. The van der Waals surface area contributed by atoms with E-state index in [0.29, 0.717) is 42.8 Å². The van der Waals surface area contributed by atoms with Crippen LogP contribution in [-0.2, 0) is 14.4 Å². The van der Waals surface area contributed by atoms with Crippen LogP contribution in [-0.4, -0.2) is 58.0 Å². The quantitative estimate of drug-likeness (QED) is 0.254. The molecule has 2 amide bonds. The Bertz CT molecular complexity index is 1340. The molecule has 11 heteroatoms. The topological polar surface area (TPSA) is 128 Å². The summed E-state index contributed by atoms with van der Waals surface area (Å²) in [5.74, 6) is -0.616. The summed E-state index contributed by atoms with van der Waals surface area (Å²) < 4.78 is 15.1. The minimum absolute atomic E-state index is 0.0395. The summed E-state index contributed by atoms with van der Waals surface area (Å²) in [6, 6.07) is 3.90. The average Bonchev–Trinajstić information content (AvgIpc) is 3.50. The fraction of sp³-hybridized carbons (Fsp3) is 0.531. The zero-order valence-corrected chi connectivity index (χ0v) is 25.5. The Kier molecular flexibility index (Phi) is 10.7. The maximum Gasteiger partial charge on any atom is 0.326 e. The number of unbranched alkanes of at least 4 members (excludes halogenated alkanes) is 1. The zero-order chi connectivity index (χ0) is 31.1. The molecule has 1 aromatic carbocycles. The number of amides is 2. The van der Waals surface area contributed by atoms with Crippen LogP contribution in [0, 0.1) is 11.7 Å². The molecule has 2 heterocycles. The summed E-state index contributed by atoms with van der Waals surface area (Å²) in [5.41, 5.74) is 1.56. The number of carboxylic acid groups (broad SMARTS) is 1. The number of hydrogen-bond donors (Lipinski definition) is 3. The van der Waals surface area contributed by atoms with Crippen molar-refractivity contribution in [1.29, 1.82) is 0 Å². The van der Waals surface area contributed by atoms with Gasteiger partial charge in [-0.2, -0.15) is 4.98 Å². The molecular weight excluding hydrogens is 551 g/mol. The molecule has 2 aliphatic rings. The first kappa shape index (κ1) is 31.9. The van der Waals surface area contributed by atoms with E-state index in [1.54, 1.807) is 36.4 Å². The second kappa shape index (κ2) is 14.4. The molecule has 0 radical (unpaired) electrons. The molecule has 3 N–H and O–H groups in total. The molecule has 10 nitrogen and oxygen atoms in total. The van der Waals surface area contributed by atoms with E-state index in [9.17, 15) is 19.5 Å². The first-order valence-electron chi connectivity index (χ1n) is 15.3. The van der Waals surface area contributed by atoms with Gasteiger partial charge in [-0.3, -0.25) is 9.59 Å². The normalized spacial score (nSPS) is 17.9. The van der Waals surface area contributed by atoms with Crippen molar-refractivity contribution in [3.63, 3.8) is 0 Å². The van der Waals surface area contributed by atoms with Gasteiger partial charge in [0, 0.05) is 19.5 Å². The first-order valence-corrected chi connectivity index (χ1v) is 15.3. The Labute approximate surface area is 252 Å². The number of likely N-dealkylation sites (N-methyl/N-ethyl adjacent to an activating group) is 1. The minimum atomic E-state index is -1.03. The number of fused-ring (bicyclic) bond motifs is 1. The molecule has 0 saturated heterocycles. The number of halogens is 1. The number of nitrogens with one attached hydrogen (secondary N) is 2. The van der Waals surface area contributed by atoms with E-state index in [4.69, 9.17) is 4.98 Å². The van der Waals surface area contributed by atoms with Gasteiger partial charge >= 0.3 is 5.97 Å². The first-order chi connectivity index (χ1) is 20.6. The number of benzene rings is 1. The zero-order valence-electron chi connectivity index (χ0n) is 25.5. The molecule has 2 aromatic rings. The number of rotatable bonds is 13. The molecular formula is C32H43FN6O4. The van der Waals surface area contributed by atoms with Gasteiger partial charge in [-0.1, -0.05) is 51.8 Å². The standard InChI is InChI=1S/C32H43FN6O4/c1-5-26-30(41)38(4)27-19-34-32(37-29(27)39(26)22-12-9-10-13-22)36-24-16-15-21(18-23(24)33)11-7-6-8-14-28(40)35-25(31(42)43)17-20(2)3/h7,11,15-16,18-20,22,25-26H,5-6,8-10,12-14,17H2,1-4H3,(H,35,40)(H,42,43)(H,34,36,37)/b11-7+/t25-,26+/m0/s1. The lowest BCUT2D eigenvalue weighted by Gasteiger charge is -2.43. The molecule has 1 aromatic heterocycles. The van der Waals surface area contributed by atoms with Gasteiger partial charge in [0.15, 0.2) is 5.82 Å². The number of allylic oxidation sites excluding steroid dienone is 1. The van der Waals surface area contributed by atoms with Crippen molar-refractivity contribution in [2.24, 2.45) is 5.92 Å². The molecule has 0 bridgehead atoms. The van der Waals surface area contributed by atoms with Gasteiger partial charge in [0.2, 0.25) is 17.8 Å². The van der Waals surface area contributed by atoms with Gasteiger partial charge in [0.05, 0.1) is 11.9 Å². The van der Waals surface area contributed by atoms with Crippen LogP contribution >= 0.6 is 0 Å². The third-order valence-corrected chi connectivity index (χ3v) is 8.08. The van der Waals surface area contributed by atoms with Crippen LogP contribution in [0.2, 0.25) is 0 Å². The molecule has 1 aliphatic carbocycles. The van der Waals surface area contributed by atoms with E-state index >= 15 is 4.39 Å². The number of anilines is 4. The average molecular weight is 595 g/mol. The summed E-state index contributed by atoms with van der Waals surface area (Å²) in [6.45, 7) is 5.83. The lowest BCUT2D eigenvalue weighted by atomic mass is 10.0. The summed E-state index contributed by atoms with van der Waals surface area (Å²) in [4.78, 5) is 49.5. The predicted molar refractivity (Wildman–Crippen MR) is 166 cm³/mol. The van der Waals surface area contributed by atoms with Gasteiger partial charge in [-0.15, -0.1) is 0 Å². The molecule has 2 atom stereocenters. The van der Waals surface area contributed by atoms with Crippen LogP contribution in [0.15, 0.2) is 30.5 Å². The lowest BCUT2D eigenvalue weighted by Crippen LogP contribution is -2.55. The molecule has 43 heavy (non-hydrogen) atoms. The molecule has 4 rings (SSSR count). The Morgan fingerprint density at radius 1 is 1.23 bits per heavy atom. The number of hydrogen-bond acceptors (Lipinski definition) is 7. The van der Waals surface area contributed by atoms with E-state index in [-0.39, 0.29) is 47.9 Å². The van der Waals surface area contributed by atoms with Crippen molar-refractivity contribution in [3.8, 4) is 0 Å². The maximum absolute atomic E-state index is 15.1. The molecule has 1 saturated carbocycles. The highest BCUT2D eigenvalue weighted by Crippen LogP contribution is 2.40. The number of aromatic nitrogens is 2. The highest BCUT2D eigenvalue weighted by Gasteiger charge is 2.41. The predicted octanol–water partition coefficient (Wildman–Crippen LogP) is 5.66. The smallest absolute Gasteiger partial charge is 0.326 e. The number of carbonyl (C=O) groups excluding carboxylic acids is 2. The SMILES string of the molecule is CC[C@@H]1C(=O)N(C)c2cnc(Nc3ccc(/C=C/CCCC(=O)N[C@@H](CC(C)C)C(=O)O)cc3F)nc2N1C1CCCC1. The highest BCUT2D eigenvalue weighted by atomic mass is 19.1. The van der Waals surface area contributed by atoms with Gasteiger partial charge in [-0.25, -0.2) is 14.2 Å². The maximum atomic E-state index is 15.1. The summed E-state index contributed by atoms with van der Waals surface area (Å²) in [6.07, 6.45) is 12.0. The van der Waals surface area contributed by atoms with Gasteiger partial charge in [0.1, 0.15) is 23.6 Å². The number of carbonyl (C=O) groups is 3. The van der Waals surface area contributed by atoms with Crippen molar-refractivity contribution in [2.75, 3.05) is 22.2 Å². The van der Waals surface area contributed by atoms with Gasteiger partial charge < -0.3 is 25.5 Å². The largest absolute Gasteiger partial charge is 0.480 e. The fourth-order valence-corrected chi connectivity index (χ4v) is 5.86. The third-order valence-electron chi connectivity index (χ3n) is 8.08. The summed E-state index contributed by atoms with van der Waals surface area (Å²) in [7, 11) is 1.75. The van der Waals surface area contributed by atoms with Crippen LogP contribution in [0.25, 0.3) is 6.08 Å². The van der Waals surface area contributed by atoms with E-state index in [1.807, 2.05) is 26.8 Å². The van der Waals surface area contributed by atoms with Crippen molar-refractivity contribution < 1.29 is 23.9 Å². The Balaban J connectivity index is 1.37. The second-order valence-corrected chi connectivity index (χ2v) is 11.8. The van der Waals surface area contributed by atoms with Crippen molar-refractivity contribution >= 4 is 47.0 Å². The van der Waals surface area contributed by atoms with Crippen molar-refractivity contribution in [2.45, 2.75) is 96.7 Å². The highest BCUT2D eigenvalue weighted by molar-refractivity contribution is 6.04. The molecule has 232 valence electrons. The van der Waals surface area contributed by atoms with Crippen LogP contribution in [0.4, 0.5) is 27.5 Å². The van der Waals surface area contributed by atoms with E-state index in [2.05, 4.69) is 20.5 Å². The van der Waals surface area contributed by atoms with Crippen LogP contribution in [0.3, 0.4) is 0 Å². The Morgan fingerprint density at radius 3 is 2.63 bits per heavy atom. The molecule has 1 aliphatic heterocycles. The number of nitrogens with zero attached hydrogens (tertiary/aromatic N) is 4. The van der Waals surface area contributed by atoms with Gasteiger partial charge in [0.25, 0.3) is 0 Å². The van der Waals surface area contributed by atoms with Crippen molar-refractivity contribution in [3.05, 3.63) is 41.9 Å².